The van der Waals surface area contributed by atoms with Crippen LogP contribution in [-0.4, -0.2) is 36.2 Å². The van der Waals surface area contributed by atoms with Crippen LogP contribution >= 0.6 is 0 Å². The molecule has 1 fully saturated rings. The summed E-state index contributed by atoms with van der Waals surface area (Å²) >= 11 is 0. The van der Waals surface area contributed by atoms with Gasteiger partial charge in [0, 0.05) is 6.07 Å². The molecule has 0 saturated heterocycles. The van der Waals surface area contributed by atoms with Crippen molar-refractivity contribution < 1.29 is 23.9 Å². The highest BCUT2D eigenvalue weighted by atomic mass is 16.6. The highest BCUT2D eigenvalue weighted by molar-refractivity contribution is 5.72. The number of pyridine rings is 1. The number of aromatic nitrogens is 1. The Morgan fingerprint density at radius 1 is 1.32 bits per heavy atom. The molecule has 0 spiro atoms. The Morgan fingerprint density at radius 3 is 2.55 bits per heavy atom. The molecule has 1 heterocycles. The summed E-state index contributed by atoms with van der Waals surface area (Å²) in [4.78, 5) is 25.7. The maximum Gasteiger partial charge on any atom is 0.329 e. The van der Waals surface area contributed by atoms with Crippen LogP contribution in [0.1, 0.15) is 25.7 Å². The van der Waals surface area contributed by atoms with Gasteiger partial charge in [0.1, 0.15) is 12.3 Å². The summed E-state index contributed by atoms with van der Waals surface area (Å²) in [5, 5.41) is 10.8. The number of ether oxygens (including phenoxy) is 3. The van der Waals surface area contributed by atoms with E-state index < -0.39 is 4.92 Å². The molecule has 0 aromatic carbocycles. The SMILES string of the molecule is COc1cc(O[C@H]2CC[C@H](C(=O)OC)CC2)ncc1[N+](=O)[O-]. The van der Waals surface area contributed by atoms with E-state index in [9.17, 15) is 14.9 Å². The Labute approximate surface area is 127 Å². The number of carbonyl (C=O) groups is 1. The topological polar surface area (TPSA) is 101 Å². The van der Waals surface area contributed by atoms with Crippen molar-refractivity contribution in [3.8, 4) is 11.6 Å². The number of carbonyl (C=O) groups excluding carboxylic acids is 1. The molecule has 1 aromatic heterocycles. The fraction of sp³-hybridized carbons (Fsp3) is 0.571. The maximum absolute atomic E-state index is 11.5. The lowest BCUT2D eigenvalue weighted by Crippen LogP contribution is -2.28. The molecule has 1 aromatic rings. The summed E-state index contributed by atoms with van der Waals surface area (Å²) in [7, 11) is 2.74. The average molecular weight is 310 g/mol. The molecule has 0 amide bonds. The van der Waals surface area contributed by atoms with E-state index in [0.717, 1.165) is 6.20 Å². The molecule has 8 heteroatoms. The van der Waals surface area contributed by atoms with Gasteiger partial charge in [-0.05, 0) is 25.7 Å². The summed E-state index contributed by atoms with van der Waals surface area (Å²) in [6.07, 6.45) is 3.86. The third kappa shape index (κ3) is 3.63. The Balaban J connectivity index is 1.98. The van der Waals surface area contributed by atoms with Crippen molar-refractivity contribution in [2.75, 3.05) is 14.2 Å². The number of nitro groups is 1. The Kier molecular flexibility index (Phi) is 5.13. The molecule has 1 aliphatic carbocycles. The average Bonchev–Trinajstić information content (AvgIpc) is 2.54. The quantitative estimate of drug-likeness (QED) is 0.466. The van der Waals surface area contributed by atoms with E-state index in [-0.39, 0.29) is 35.3 Å². The van der Waals surface area contributed by atoms with Crippen LogP contribution in [0.15, 0.2) is 12.3 Å². The minimum Gasteiger partial charge on any atom is -0.490 e. The molecule has 0 N–H and O–H groups in total. The molecule has 0 radical (unpaired) electrons. The lowest BCUT2D eigenvalue weighted by molar-refractivity contribution is -0.386. The highest BCUT2D eigenvalue weighted by Gasteiger charge is 2.28. The second-order valence-electron chi connectivity index (χ2n) is 5.07. The first kappa shape index (κ1) is 16.0. The van der Waals surface area contributed by atoms with Gasteiger partial charge in [0.25, 0.3) is 0 Å². The van der Waals surface area contributed by atoms with Crippen molar-refractivity contribution in [2.24, 2.45) is 5.92 Å². The van der Waals surface area contributed by atoms with Gasteiger partial charge >= 0.3 is 11.7 Å². The Bertz CT molecular complexity index is 554. The maximum atomic E-state index is 11.5. The second kappa shape index (κ2) is 7.06. The van der Waals surface area contributed by atoms with Gasteiger partial charge in [0.2, 0.25) is 11.6 Å². The van der Waals surface area contributed by atoms with Crippen LogP contribution in [0.4, 0.5) is 5.69 Å². The van der Waals surface area contributed by atoms with Crippen molar-refractivity contribution in [1.29, 1.82) is 0 Å². The van der Waals surface area contributed by atoms with Crippen LogP contribution in [0.5, 0.6) is 11.6 Å². The number of esters is 1. The number of nitrogens with zero attached hydrogens (tertiary/aromatic N) is 2. The Hall–Kier alpha value is -2.38. The van der Waals surface area contributed by atoms with Crippen molar-refractivity contribution in [2.45, 2.75) is 31.8 Å². The van der Waals surface area contributed by atoms with Gasteiger partial charge in [-0.2, -0.15) is 0 Å². The third-order valence-electron chi connectivity index (χ3n) is 3.73. The summed E-state index contributed by atoms with van der Waals surface area (Å²) in [6.45, 7) is 0. The van der Waals surface area contributed by atoms with Gasteiger partial charge in [-0.25, -0.2) is 4.98 Å². The van der Waals surface area contributed by atoms with Crippen LogP contribution < -0.4 is 9.47 Å². The smallest absolute Gasteiger partial charge is 0.329 e. The fourth-order valence-corrected chi connectivity index (χ4v) is 2.53. The van der Waals surface area contributed by atoms with Gasteiger partial charge in [0.15, 0.2) is 0 Å². The fourth-order valence-electron chi connectivity index (χ4n) is 2.53. The van der Waals surface area contributed by atoms with Crippen molar-refractivity contribution >= 4 is 11.7 Å². The minimum absolute atomic E-state index is 0.0698. The minimum atomic E-state index is -0.558. The first-order chi connectivity index (χ1) is 10.5. The lowest BCUT2D eigenvalue weighted by Gasteiger charge is -2.27. The van der Waals surface area contributed by atoms with Crippen molar-refractivity contribution in [3.63, 3.8) is 0 Å². The van der Waals surface area contributed by atoms with E-state index in [1.807, 2.05) is 0 Å². The van der Waals surface area contributed by atoms with Gasteiger partial charge in [0.05, 0.1) is 25.1 Å². The first-order valence-electron chi connectivity index (χ1n) is 6.98. The zero-order valence-electron chi connectivity index (χ0n) is 12.5. The second-order valence-corrected chi connectivity index (χ2v) is 5.07. The van der Waals surface area contributed by atoms with E-state index in [1.54, 1.807) is 0 Å². The number of rotatable bonds is 5. The van der Waals surface area contributed by atoms with Crippen LogP contribution in [0.25, 0.3) is 0 Å². The Morgan fingerprint density at radius 2 is 2.00 bits per heavy atom. The van der Waals surface area contributed by atoms with Crippen LogP contribution in [0, 0.1) is 16.0 Å². The highest BCUT2D eigenvalue weighted by Crippen LogP contribution is 2.32. The molecule has 120 valence electrons. The van der Waals surface area contributed by atoms with Gasteiger partial charge in [-0.3, -0.25) is 14.9 Å². The predicted octanol–water partition coefficient (Wildman–Crippen LogP) is 2.11. The zero-order valence-corrected chi connectivity index (χ0v) is 12.5. The molecule has 0 bridgehead atoms. The third-order valence-corrected chi connectivity index (χ3v) is 3.73. The van der Waals surface area contributed by atoms with Gasteiger partial charge in [-0.15, -0.1) is 0 Å². The molecule has 0 atom stereocenters. The van der Waals surface area contributed by atoms with Gasteiger partial charge < -0.3 is 14.2 Å². The van der Waals surface area contributed by atoms with Crippen molar-refractivity contribution in [3.05, 3.63) is 22.4 Å². The summed E-state index contributed by atoms with van der Waals surface area (Å²) in [5.41, 5.74) is -0.204. The molecule has 8 nitrogen and oxygen atoms in total. The van der Waals surface area contributed by atoms with Crippen LogP contribution in [-0.2, 0) is 9.53 Å². The molecule has 1 saturated carbocycles. The van der Waals surface area contributed by atoms with Crippen LogP contribution in [0.3, 0.4) is 0 Å². The van der Waals surface area contributed by atoms with Gasteiger partial charge in [-0.1, -0.05) is 0 Å². The number of hydrogen-bond acceptors (Lipinski definition) is 7. The predicted molar refractivity (Wildman–Crippen MR) is 75.8 cm³/mol. The van der Waals surface area contributed by atoms with E-state index in [4.69, 9.17) is 14.2 Å². The zero-order chi connectivity index (χ0) is 16.1. The molecule has 1 aliphatic rings. The standard InChI is InChI=1S/C14H18N2O6/c1-20-12-7-13(15-8-11(12)16(18)19)22-10-5-3-9(4-6-10)14(17)21-2/h7-10H,3-6H2,1-2H3/t9-,10-. The molecular formula is C14H18N2O6. The summed E-state index contributed by atoms with van der Waals surface area (Å²) in [6, 6.07) is 1.41. The largest absolute Gasteiger partial charge is 0.490 e. The summed E-state index contributed by atoms with van der Waals surface area (Å²) < 4.78 is 15.4. The van der Waals surface area contributed by atoms with E-state index in [0.29, 0.717) is 25.7 Å². The molecule has 0 aliphatic heterocycles. The lowest BCUT2D eigenvalue weighted by atomic mass is 9.87. The van der Waals surface area contributed by atoms with Crippen molar-refractivity contribution in [1.82, 2.24) is 4.98 Å². The molecule has 0 unspecified atom stereocenters. The van der Waals surface area contributed by atoms with Crippen LogP contribution in [0.2, 0.25) is 0 Å². The van der Waals surface area contributed by atoms with E-state index in [2.05, 4.69) is 4.98 Å². The summed E-state index contributed by atoms with van der Waals surface area (Å²) in [5.74, 6) is 0.125. The monoisotopic (exact) mass is 310 g/mol. The number of hydrogen-bond donors (Lipinski definition) is 0. The first-order valence-corrected chi connectivity index (χ1v) is 6.98. The molecular weight excluding hydrogens is 292 g/mol. The normalized spacial score (nSPS) is 21.0. The molecule has 22 heavy (non-hydrogen) atoms. The van der Waals surface area contributed by atoms with E-state index >= 15 is 0 Å². The number of methoxy groups -OCH3 is 2. The molecule has 2 rings (SSSR count). The van der Waals surface area contributed by atoms with E-state index in [1.165, 1.54) is 20.3 Å².